The highest BCUT2D eigenvalue weighted by atomic mass is 32.1. The molecule has 0 fully saturated rings. The molecule has 3 N–H and O–H groups in total. The van der Waals surface area contributed by atoms with Crippen LogP contribution in [0.4, 0.5) is 0 Å². The molecule has 0 saturated carbocycles. The third kappa shape index (κ3) is 3.10. The summed E-state index contributed by atoms with van der Waals surface area (Å²) in [5, 5.41) is 11.5. The summed E-state index contributed by atoms with van der Waals surface area (Å²) in [5.41, 5.74) is 5.38. The van der Waals surface area contributed by atoms with Gasteiger partial charge in [0.1, 0.15) is 0 Å². The van der Waals surface area contributed by atoms with Crippen LogP contribution in [-0.2, 0) is 0 Å². The van der Waals surface area contributed by atoms with Gasteiger partial charge in [-0.05, 0) is 30.2 Å². The maximum absolute atomic E-state index is 9.44. The van der Waals surface area contributed by atoms with Crippen LogP contribution < -0.4 is 5.73 Å². The van der Waals surface area contributed by atoms with E-state index in [1.165, 1.54) is 4.88 Å². The third-order valence-corrected chi connectivity index (χ3v) is 3.30. The Labute approximate surface area is 83.4 Å². The fourth-order valence-electron chi connectivity index (χ4n) is 1.43. The number of aliphatic hydroxyl groups is 1. The summed E-state index contributed by atoms with van der Waals surface area (Å²) >= 11 is 1.76. The number of thiophene rings is 1. The zero-order chi connectivity index (χ0) is 9.68. The largest absolute Gasteiger partial charge is 0.392 e. The van der Waals surface area contributed by atoms with Gasteiger partial charge < -0.3 is 10.8 Å². The van der Waals surface area contributed by atoms with Crippen molar-refractivity contribution in [2.45, 2.75) is 31.8 Å². The lowest BCUT2D eigenvalue weighted by Crippen LogP contribution is -2.21. The monoisotopic (exact) mass is 199 g/mol. The van der Waals surface area contributed by atoms with E-state index in [-0.39, 0.29) is 6.10 Å². The fourth-order valence-corrected chi connectivity index (χ4v) is 2.36. The van der Waals surface area contributed by atoms with Gasteiger partial charge in [0, 0.05) is 11.4 Å². The number of hydrogen-bond acceptors (Lipinski definition) is 3. The van der Waals surface area contributed by atoms with Crippen molar-refractivity contribution >= 4 is 11.3 Å². The van der Waals surface area contributed by atoms with Crippen LogP contribution in [0.3, 0.4) is 0 Å². The molecule has 2 unspecified atom stereocenters. The Morgan fingerprint density at radius 2 is 2.38 bits per heavy atom. The molecule has 3 heteroatoms. The fraction of sp³-hybridized carbons (Fsp3) is 0.600. The van der Waals surface area contributed by atoms with Crippen molar-refractivity contribution in [2.24, 2.45) is 5.73 Å². The average molecular weight is 199 g/mol. The van der Waals surface area contributed by atoms with Gasteiger partial charge in [-0.3, -0.25) is 0 Å². The molecule has 2 atom stereocenters. The van der Waals surface area contributed by atoms with Crippen LogP contribution in [-0.4, -0.2) is 17.8 Å². The van der Waals surface area contributed by atoms with Gasteiger partial charge in [0.05, 0.1) is 6.10 Å². The summed E-state index contributed by atoms with van der Waals surface area (Å²) in [6.45, 7) is 2.51. The first-order valence-corrected chi connectivity index (χ1v) is 5.57. The van der Waals surface area contributed by atoms with Crippen molar-refractivity contribution < 1.29 is 5.11 Å². The predicted molar refractivity (Wildman–Crippen MR) is 57.0 cm³/mol. The number of aliphatic hydroxyl groups excluding tert-OH is 1. The minimum atomic E-state index is -0.355. The number of nitrogens with two attached hydrogens (primary N) is 1. The molecule has 1 aromatic heterocycles. The van der Waals surface area contributed by atoms with E-state index in [0.29, 0.717) is 12.5 Å². The molecule has 0 aliphatic rings. The van der Waals surface area contributed by atoms with Crippen molar-refractivity contribution in [2.75, 3.05) is 6.54 Å². The van der Waals surface area contributed by atoms with Crippen LogP contribution in [0.2, 0.25) is 0 Å². The van der Waals surface area contributed by atoms with E-state index < -0.39 is 0 Å². The van der Waals surface area contributed by atoms with E-state index in [1.54, 1.807) is 11.3 Å². The van der Waals surface area contributed by atoms with Gasteiger partial charge in [-0.25, -0.2) is 0 Å². The van der Waals surface area contributed by atoms with E-state index in [2.05, 4.69) is 24.4 Å². The second kappa shape index (κ2) is 5.37. The summed E-state index contributed by atoms with van der Waals surface area (Å²) in [5.74, 6) is 0.471. The Bertz CT molecular complexity index is 223. The number of hydrogen-bond donors (Lipinski definition) is 2. The molecule has 1 aromatic rings. The molecule has 0 aromatic carbocycles. The standard InChI is InChI=1S/C10H17NOS/c1-2-8(6-9(12)7-11)10-4-3-5-13-10/h3-5,8-9,12H,2,6-7,11H2,1H3. The summed E-state index contributed by atoms with van der Waals surface area (Å²) in [7, 11) is 0. The van der Waals surface area contributed by atoms with Crippen molar-refractivity contribution in [1.29, 1.82) is 0 Å². The van der Waals surface area contributed by atoms with Crippen LogP contribution in [0.15, 0.2) is 17.5 Å². The molecular formula is C10H17NOS. The minimum Gasteiger partial charge on any atom is -0.392 e. The molecule has 0 amide bonds. The van der Waals surface area contributed by atoms with Gasteiger partial charge in [0.2, 0.25) is 0 Å². The maximum Gasteiger partial charge on any atom is 0.0668 e. The minimum absolute atomic E-state index is 0.355. The van der Waals surface area contributed by atoms with E-state index >= 15 is 0 Å². The maximum atomic E-state index is 9.44. The van der Waals surface area contributed by atoms with Crippen LogP contribution in [0.25, 0.3) is 0 Å². The first kappa shape index (κ1) is 10.7. The van der Waals surface area contributed by atoms with Gasteiger partial charge in [-0.1, -0.05) is 13.0 Å². The smallest absolute Gasteiger partial charge is 0.0668 e. The van der Waals surface area contributed by atoms with Gasteiger partial charge in [-0.2, -0.15) is 0 Å². The van der Waals surface area contributed by atoms with Crippen molar-refractivity contribution in [3.8, 4) is 0 Å². The second-order valence-corrected chi connectivity index (χ2v) is 4.23. The number of rotatable bonds is 5. The molecule has 0 radical (unpaired) electrons. The summed E-state index contributed by atoms with van der Waals surface area (Å²) in [6, 6.07) is 4.18. The summed E-state index contributed by atoms with van der Waals surface area (Å²) in [4.78, 5) is 1.36. The normalized spacial score (nSPS) is 15.6. The summed E-state index contributed by atoms with van der Waals surface area (Å²) < 4.78 is 0. The van der Waals surface area contributed by atoms with Crippen molar-refractivity contribution in [3.63, 3.8) is 0 Å². The lowest BCUT2D eigenvalue weighted by atomic mass is 9.97. The highest BCUT2D eigenvalue weighted by Crippen LogP contribution is 2.28. The molecule has 74 valence electrons. The Morgan fingerprint density at radius 3 is 2.85 bits per heavy atom. The van der Waals surface area contributed by atoms with Crippen LogP contribution in [0.1, 0.15) is 30.6 Å². The molecule has 2 nitrogen and oxygen atoms in total. The Hall–Kier alpha value is -0.380. The molecule has 0 aliphatic heterocycles. The van der Waals surface area contributed by atoms with Gasteiger partial charge in [0.15, 0.2) is 0 Å². The van der Waals surface area contributed by atoms with E-state index in [9.17, 15) is 5.11 Å². The molecule has 1 heterocycles. The molecule has 0 aliphatic carbocycles. The first-order chi connectivity index (χ1) is 6.27. The lowest BCUT2D eigenvalue weighted by Gasteiger charge is -2.16. The van der Waals surface area contributed by atoms with Crippen molar-refractivity contribution in [1.82, 2.24) is 0 Å². The first-order valence-electron chi connectivity index (χ1n) is 4.69. The van der Waals surface area contributed by atoms with E-state index in [0.717, 1.165) is 12.8 Å². The van der Waals surface area contributed by atoms with E-state index in [4.69, 9.17) is 5.73 Å². The van der Waals surface area contributed by atoms with Crippen LogP contribution in [0, 0.1) is 0 Å². The Morgan fingerprint density at radius 1 is 1.62 bits per heavy atom. The molecule has 1 rings (SSSR count). The van der Waals surface area contributed by atoms with Gasteiger partial charge in [0.25, 0.3) is 0 Å². The molecule has 13 heavy (non-hydrogen) atoms. The quantitative estimate of drug-likeness (QED) is 0.761. The zero-order valence-electron chi connectivity index (χ0n) is 7.94. The molecule has 0 saturated heterocycles. The highest BCUT2D eigenvalue weighted by Gasteiger charge is 2.14. The van der Waals surface area contributed by atoms with Gasteiger partial charge >= 0.3 is 0 Å². The van der Waals surface area contributed by atoms with Crippen LogP contribution >= 0.6 is 11.3 Å². The molecular weight excluding hydrogens is 182 g/mol. The average Bonchev–Trinajstić information content (AvgIpc) is 2.66. The topological polar surface area (TPSA) is 46.2 Å². The van der Waals surface area contributed by atoms with Crippen molar-refractivity contribution in [3.05, 3.63) is 22.4 Å². The third-order valence-electron chi connectivity index (χ3n) is 2.27. The highest BCUT2D eigenvalue weighted by molar-refractivity contribution is 7.10. The Balaban J connectivity index is 2.53. The molecule has 0 spiro atoms. The SMILES string of the molecule is CCC(CC(O)CN)c1cccs1. The summed E-state index contributed by atoms with van der Waals surface area (Å²) in [6.07, 6.45) is 1.50. The van der Waals surface area contributed by atoms with Gasteiger partial charge in [-0.15, -0.1) is 11.3 Å². The predicted octanol–water partition coefficient (Wildman–Crippen LogP) is 1.95. The Kier molecular flexibility index (Phi) is 4.42. The second-order valence-electron chi connectivity index (χ2n) is 3.25. The van der Waals surface area contributed by atoms with E-state index in [1.807, 2.05) is 0 Å². The lowest BCUT2D eigenvalue weighted by molar-refractivity contribution is 0.162. The van der Waals surface area contributed by atoms with Crippen LogP contribution in [0.5, 0.6) is 0 Å². The zero-order valence-corrected chi connectivity index (χ0v) is 8.76. The molecule has 0 bridgehead atoms.